The number of Topliss-reactive ketones (excluding diaryl/α,β-unsaturated/α-hetero) is 1. The number of rotatable bonds is 5. The summed E-state index contributed by atoms with van der Waals surface area (Å²) >= 11 is 0. The number of ketones is 1. The van der Waals surface area contributed by atoms with Gasteiger partial charge in [0.2, 0.25) is 5.78 Å². The molecule has 0 rings (SSSR count). The van der Waals surface area contributed by atoms with Crippen LogP contribution in [0.1, 0.15) is 26.2 Å². The van der Waals surface area contributed by atoms with Crippen LogP contribution in [0.15, 0.2) is 5.10 Å². The first-order valence-electron chi connectivity index (χ1n) is 4.62. The highest BCUT2D eigenvalue weighted by molar-refractivity contribution is 6.04. The molecule has 5 nitrogen and oxygen atoms in total. The maximum absolute atomic E-state index is 11.9. The summed E-state index contributed by atoms with van der Waals surface area (Å²) in [5, 5.41) is 11.5. The summed E-state index contributed by atoms with van der Waals surface area (Å²) < 4.78 is 35.8. The molecule has 8 heteroatoms. The smallest absolute Gasteiger partial charge is 0.289 e. The molecule has 17 heavy (non-hydrogen) atoms. The maximum Gasteiger partial charge on any atom is 0.450 e. The van der Waals surface area contributed by atoms with Gasteiger partial charge in [0.05, 0.1) is 12.5 Å². The van der Waals surface area contributed by atoms with Crippen molar-refractivity contribution in [2.75, 3.05) is 0 Å². The Morgan fingerprint density at radius 1 is 1.41 bits per heavy atom. The van der Waals surface area contributed by atoms with Crippen LogP contribution < -0.4 is 5.43 Å². The summed E-state index contributed by atoms with van der Waals surface area (Å²) in [5.74, 6) is -2.66. The zero-order valence-corrected chi connectivity index (χ0v) is 8.97. The molecule has 0 aliphatic heterocycles. The first-order valence-corrected chi connectivity index (χ1v) is 4.62. The first kappa shape index (κ1) is 15.1. The van der Waals surface area contributed by atoms with Gasteiger partial charge in [0.25, 0.3) is 5.91 Å². The second kappa shape index (κ2) is 6.62. The number of nitrogens with one attached hydrogen (secondary N) is 1. The third-order valence-corrected chi connectivity index (χ3v) is 1.67. The van der Waals surface area contributed by atoms with Crippen LogP contribution in [0.25, 0.3) is 0 Å². The van der Waals surface area contributed by atoms with Crippen LogP contribution in [0.5, 0.6) is 0 Å². The molecule has 0 saturated carbocycles. The number of amides is 1. The number of carbonyl (C=O) groups is 2. The zero-order chi connectivity index (χ0) is 13.5. The minimum Gasteiger partial charge on any atom is -0.289 e. The van der Waals surface area contributed by atoms with Crippen molar-refractivity contribution < 1.29 is 22.8 Å². The molecule has 0 aromatic heterocycles. The second-order valence-electron chi connectivity index (χ2n) is 3.00. The molecule has 0 bridgehead atoms. The van der Waals surface area contributed by atoms with Crippen LogP contribution in [0.3, 0.4) is 0 Å². The minimum absolute atomic E-state index is 0.0919. The molecule has 0 aliphatic carbocycles. The van der Waals surface area contributed by atoms with Gasteiger partial charge in [0.1, 0.15) is 6.42 Å². The molecule has 0 aromatic rings. The Labute approximate surface area is 95.3 Å². The highest BCUT2D eigenvalue weighted by atomic mass is 19.4. The number of hydrogen-bond donors (Lipinski definition) is 1. The molecular weight excluding hydrogens is 239 g/mol. The third-order valence-electron chi connectivity index (χ3n) is 1.67. The van der Waals surface area contributed by atoms with E-state index < -0.39 is 30.7 Å². The van der Waals surface area contributed by atoms with Crippen molar-refractivity contribution in [3.05, 3.63) is 0 Å². The molecule has 0 radical (unpaired) electrons. The maximum atomic E-state index is 11.9. The molecule has 0 aliphatic rings. The number of halogens is 3. The molecule has 0 saturated heterocycles. The van der Waals surface area contributed by atoms with Gasteiger partial charge in [-0.1, -0.05) is 6.92 Å². The molecular formula is C9H10F3N3O2. The molecule has 0 unspecified atom stereocenters. The Morgan fingerprint density at radius 2 is 2.00 bits per heavy atom. The van der Waals surface area contributed by atoms with Crippen LogP contribution in [0.4, 0.5) is 13.2 Å². The second-order valence-corrected chi connectivity index (χ2v) is 3.00. The van der Waals surface area contributed by atoms with Crippen LogP contribution >= 0.6 is 0 Å². The van der Waals surface area contributed by atoms with E-state index in [-0.39, 0.29) is 12.1 Å². The number of alkyl halides is 3. The lowest BCUT2D eigenvalue weighted by Gasteiger charge is -2.06. The highest BCUT2D eigenvalue weighted by Gasteiger charge is 2.38. The van der Waals surface area contributed by atoms with Crippen LogP contribution in [-0.4, -0.2) is 23.6 Å². The highest BCUT2D eigenvalue weighted by Crippen LogP contribution is 2.18. The van der Waals surface area contributed by atoms with Gasteiger partial charge < -0.3 is 0 Å². The normalized spacial score (nSPS) is 11.8. The lowest BCUT2D eigenvalue weighted by molar-refractivity contribution is -0.169. The fraction of sp³-hybridized carbons (Fsp3) is 0.556. The Kier molecular flexibility index (Phi) is 5.88. The van der Waals surface area contributed by atoms with Gasteiger partial charge in [-0.05, 0) is 6.42 Å². The fourth-order valence-electron chi connectivity index (χ4n) is 0.782. The molecule has 0 fully saturated rings. The number of nitriles is 1. The lowest BCUT2D eigenvalue weighted by atomic mass is 10.1. The summed E-state index contributed by atoms with van der Waals surface area (Å²) in [4.78, 5) is 21.4. The predicted molar refractivity (Wildman–Crippen MR) is 51.8 cm³/mol. The summed E-state index contributed by atoms with van der Waals surface area (Å²) in [7, 11) is 0. The molecule has 0 heterocycles. The van der Waals surface area contributed by atoms with Crippen LogP contribution in [0.2, 0.25) is 0 Å². The van der Waals surface area contributed by atoms with Crippen LogP contribution in [-0.2, 0) is 9.59 Å². The van der Waals surface area contributed by atoms with E-state index in [2.05, 4.69) is 5.10 Å². The minimum atomic E-state index is -4.91. The number of carbonyl (C=O) groups excluding carboxylic acids is 2. The van der Waals surface area contributed by atoms with Gasteiger partial charge in [-0.3, -0.25) is 9.59 Å². The van der Waals surface area contributed by atoms with Crippen molar-refractivity contribution >= 4 is 17.4 Å². The van der Waals surface area contributed by atoms with E-state index in [9.17, 15) is 22.8 Å². The van der Waals surface area contributed by atoms with Gasteiger partial charge in [0.15, 0.2) is 0 Å². The molecule has 0 aromatic carbocycles. The molecule has 0 atom stereocenters. The fourth-order valence-corrected chi connectivity index (χ4v) is 0.782. The van der Waals surface area contributed by atoms with Crippen molar-refractivity contribution in [1.82, 2.24) is 5.43 Å². The van der Waals surface area contributed by atoms with E-state index in [1.54, 1.807) is 6.07 Å². The Hall–Kier alpha value is -1.91. The summed E-state index contributed by atoms with van der Waals surface area (Å²) in [6, 6.07) is 1.55. The quantitative estimate of drug-likeness (QED) is 0.589. The van der Waals surface area contributed by atoms with Crippen LogP contribution in [0, 0.1) is 11.3 Å². The molecule has 1 N–H and O–H groups in total. The Morgan fingerprint density at radius 3 is 2.41 bits per heavy atom. The number of hydrazone groups is 1. The summed E-state index contributed by atoms with van der Waals surface area (Å²) in [6.07, 6.45) is -6.16. The van der Waals surface area contributed by atoms with Gasteiger partial charge in [0, 0.05) is 5.71 Å². The number of hydrogen-bond acceptors (Lipinski definition) is 4. The number of nitrogens with zero attached hydrogens (tertiary/aromatic N) is 2. The van der Waals surface area contributed by atoms with E-state index in [1.807, 2.05) is 5.43 Å². The van der Waals surface area contributed by atoms with E-state index >= 15 is 0 Å². The van der Waals surface area contributed by atoms with Crippen molar-refractivity contribution in [3.63, 3.8) is 0 Å². The largest absolute Gasteiger partial charge is 0.450 e. The van der Waals surface area contributed by atoms with E-state index in [1.165, 1.54) is 6.92 Å². The molecule has 94 valence electrons. The van der Waals surface area contributed by atoms with E-state index in [0.717, 1.165) is 0 Å². The average Bonchev–Trinajstić information content (AvgIpc) is 2.22. The van der Waals surface area contributed by atoms with Crippen molar-refractivity contribution in [2.24, 2.45) is 5.10 Å². The first-order chi connectivity index (χ1) is 7.81. The zero-order valence-electron chi connectivity index (χ0n) is 8.97. The lowest BCUT2D eigenvalue weighted by Crippen LogP contribution is -2.26. The molecule has 1 amide bonds. The van der Waals surface area contributed by atoms with Crippen molar-refractivity contribution in [3.8, 4) is 6.07 Å². The SMILES string of the molecule is CC/C(CC(=O)C(F)(F)F)=N/NC(=O)CC#N. The van der Waals surface area contributed by atoms with Crippen molar-refractivity contribution in [1.29, 1.82) is 5.26 Å². The predicted octanol–water partition coefficient (Wildman–Crippen LogP) is 1.30. The third kappa shape index (κ3) is 6.29. The van der Waals surface area contributed by atoms with Gasteiger partial charge in [-0.15, -0.1) is 0 Å². The average molecular weight is 249 g/mol. The monoisotopic (exact) mass is 249 g/mol. The Balaban J connectivity index is 4.44. The summed E-state index contributed by atoms with van der Waals surface area (Å²) in [5.41, 5.74) is 1.80. The van der Waals surface area contributed by atoms with E-state index in [0.29, 0.717) is 0 Å². The summed E-state index contributed by atoms with van der Waals surface area (Å²) in [6.45, 7) is 1.50. The van der Waals surface area contributed by atoms with Gasteiger partial charge in [-0.2, -0.15) is 23.5 Å². The topological polar surface area (TPSA) is 82.3 Å². The van der Waals surface area contributed by atoms with Gasteiger partial charge in [-0.25, -0.2) is 5.43 Å². The molecule has 0 spiro atoms. The standard InChI is InChI=1S/C9H10F3N3O2/c1-2-6(5-7(16)9(10,11)12)14-15-8(17)3-4-13/h2-3,5H2,1H3,(H,15,17)/b14-6-. The Bertz CT molecular complexity index is 369. The van der Waals surface area contributed by atoms with E-state index in [4.69, 9.17) is 5.26 Å². The van der Waals surface area contributed by atoms with Gasteiger partial charge >= 0.3 is 6.18 Å². The van der Waals surface area contributed by atoms with Crippen molar-refractivity contribution in [2.45, 2.75) is 32.4 Å².